The number of aromatic nitrogens is 1. The highest BCUT2D eigenvalue weighted by molar-refractivity contribution is 5.83. The van der Waals surface area contributed by atoms with E-state index in [9.17, 15) is 0 Å². The second-order valence-electron chi connectivity index (χ2n) is 6.18. The van der Waals surface area contributed by atoms with E-state index in [1.54, 1.807) is 0 Å². The van der Waals surface area contributed by atoms with E-state index in [2.05, 4.69) is 40.3 Å². The summed E-state index contributed by atoms with van der Waals surface area (Å²) in [6.07, 6.45) is 10.4. The summed E-state index contributed by atoms with van der Waals surface area (Å²) in [7, 11) is 2.03. The standard InChI is InChI=1S/C18H26N2/c1-19-12-5-10-16-8-4-9-17-11-13-20(18(16)17)14-15-6-2-3-7-15/h4,8-9,11,13,15,19H,2-3,5-7,10,12,14H2,1H3. The van der Waals surface area contributed by atoms with E-state index in [4.69, 9.17) is 0 Å². The molecule has 3 rings (SSSR count). The quantitative estimate of drug-likeness (QED) is 0.786. The molecule has 20 heavy (non-hydrogen) atoms. The normalized spacial score (nSPS) is 16.2. The van der Waals surface area contributed by atoms with E-state index in [1.165, 1.54) is 61.5 Å². The third-order valence-electron chi connectivity index (χ3n) is 4.67. The zero-order valence-corrected chi connectivity index (χ0v) is 12.6. The molecule has 2 aromatic rings. The molecule has 0 aliphatic heterocycles. The van der Waals surface area contributed by atoms with Gasteiger partial charge in [-0.3, -0.25) is 0 Å². The van der Waals surface area contributed by atoms with E-state index >= 15 is 0 Å². The minimum Gasteiger partial charge on any atom is -0.347 e. The van der Waals surface area contributed by atoms with Gasteiger partial charge < -0.3 is 9.88 Å². The van der Waals surface area contributed by atoms with Gasteiger partial charge in [0, 0.05) is 12.7 Å². The van der Waals surface area contributed by atoms with Crippen molar-refractivity contribution in [2.75, 3.05) is 13.6 Å². The van der Waals surface area contributed by atoms with Crippen LogP contribution < -0.4 is 5.32 Å². The predicted molar refractivity (Wildman–Crippen MR) is 86.1 cm³/mol. The molecule has 1 N–H and O–H groups in total. The summed E-state index contributed by atoms with van der Waals surface area (Å²) >= 11 is 0. The second kappa shape index (κ2) is 6.45. The lowest BCUT2D eigenvalue weighted by Crippen LogP contribution is -2.10. The lowest BCUT2D eigenvalue weighted by Gasteiger charge is -2.14. The minimum absolute atomic E-state index is 0.899. The fourth-order valence-corrected chi connectivity index (χ4v) is 3.62. The number of fused-ring (bicyclic) bond motifs is 1. The predicted octanol–water partition coefficient (Wildman–Crippen LogP) is 3.98. The van der Waals surface area contributed by atoms with Crippen molar-refractivity contribution >= 4 is 10.9 Å². The lowest BCUT2D eigenvalue weighted by molar-refractivity contribution is 0.465. The highest BCUT2D eigenvalue weighted by Gasteiger charge is 2.16. The molecule has 0 unspecified atom stereocenters. The highest BCUT2D eigenvalue weighted by atomic mass is 15.0. The third kappa shape index (κ3) is 2.90. The third-order valence-corrected chi connectivity index (χ3v) is 4.67. The van der Waals surface area contributed by atoms with Crippen LogP contribution in [0.5, 0.6) is 0 Å². The molecule has 1 aromatic heterocycles. The first-order chi connectivity index (χ1) is 9.88. The number of rotatable bonds is 6. The number of aryl methyl sites for hydroxylation is 1. The van der Waals surface area contributed by atoms with Crippen molar-refractivity contribution in [1.29, 1.82) is 0 Å². The molecule has 0 saturated heterocycles. The number of hydrogen-bond donors (Lipinski definition) is 1. The van der Waals surface area contributed by atoms with Crippen LogP contribution in [0.2, 0.25) is 0 Å². The topological polar surface area (TPSA) is 17.0 Å². The summed E-state index contributed by atoms with van der Waals surface area (Å²) in [5.74, 6) is 0.899. The van der Waals surface area contributed by atoms with Crippen molar-refractivity contribution in [2.24, 2.45) is 5.92 Å². The van der Waals surface area contributed by atoms with Gasteiger partial charge in [-0.25, -0.2) is 0 Å². The summed E-state index contributed by atoms with van der Waals surface area (Å²) in [5, 5.41) is 4.65. The largest absolute Gasteiger partial charge is 0.347 e. The van der Waals surface area contributed by atoms with Crippen molar-refractivity contribution in [1.82, 2.24) is 9.88 Å². The number of hydrogen-bond acceptors (Lipinski definition) is 1. The van der Waals surface area contributed by atoms with Gasteiger partial charge in [-0.2, -0.15) is 0 Å². The van der Waals surface area contributed by atoms with Crippen LogP contribution in [-0.2, 0) is 13.0 Å². The van der Waals surface area contributed by atoms with Crippen LogP contribution in [0.3, 0.4) is 0 Å². The average Bonchev–Trinajstić information content (AvgIpc) is 3.10. The van der Waals surface area contributed by atoms with Crippen molar-refractivity contribution < 1.29 is 0 Å². The molecule has 1 fully saturated rings. The second-order valence-corrected chi connectivity index (χ2v) is 6.18. The maximum Gasteiger partial charge on any atom is 0.0512 e. The van der Waals surface area contributed by atoms with Gasteiger partial charge in [-0.1, -0.05) is 31.0 Å². The number of nitrogens with one attached hydrogen (secondary N) is 1. The first-order valence-corrected chi connectivity index (χ1v) is 8.10. The Kier molecular flexibility index (Phi) is 4.41. The van der Waals surface area contributed by atoms with Gasteiger partial charge in [0.2, 0.25) is 0 Å². The maximum absolute atomic E-state index is 3.25. The molecule has 1 aliphatic rings. The van der Waals surface area contributed by atoms with E-state index in [0.717, 1.165) is 12.5 Å². The molecule has 0 bridgehead atoms. The summed E-state index contributed by atoms with van der Waals surface area (Å²) in [5.41, 5.74) is 3.00. The zero-order valence-electron chi connectivity index (χ0n) is 12.6. The van der Waals surface area contributed by atoms with E-state index in [1.807, 2.05) is 7.05 Å². The van der Waals surface area contributed by atoms with Crippen LogP contribution in [0.4, 0.5) is 0 Å². The molecular formula is C18H26N2. The Bertz CT molecular complexity index is 550. The molecule has 1 saturated carbocycles. The molecule has 0 spiro atoms. The van der Waals surface area contributed by atoms with Gasteiger partial charge >= 0.3 is 0 Å². The van der Waals surface area contributed by atoms with Crippen LogP contribution in [-0.4, -0.2) is 18.2 Å². The van der Waals surface area contributed by atoms with Gasteiger partial charge in [0.1, 0.15) is 0 Å². The summed E-state index contributed by atoms with van der Waals surface area (Å²) in [4.78, 5) is 0. The Hall–Kier alpha value is -1.28. The van der Waals surface area contributed by atoms with Crippen LogP contribution >= 0.6 is 0 Å². The lowest BCUT2D eigenvalue weighted by atomic mass is 10.1. The van der Waals surface area contributed by atoms with E-state index < -0.39 is 0 Å². The number of benzene rings is 1. The molecule has 0 amide bonds. The minimum atomic E-state index is 0.899. The Labute approximate surface area is 122 Å². The van der Waals surface area contributed by atoms with Crippen molar-refractivity contribution in [3.05, 3.63) is 36.0 Å². The molecule has 1 aliphatic carbocycles. The number of nitrogens with zero attached hydrogens (tertiary/aromatic N) is 1. The molecular weight excluding hydrogens is 244 g/mol. The fraction of sp³-hybridized carbons (Fsp3) is 0.556. The van der Waals surface area contributed by atoms with Crippen LogP contribution in [0.15, 0.2) is 30.5 Å². The van der Waals surface area contributed by atoms with Crippen LogP contribution in [0.1, 0.15) is 37.7 Å². The Morgan fingerprint density at radius 1 is 1.20 bits per heavy atom. The van der Waals surface area contributed by atoms with Gasteiger partial charge in [-0.05, 0) is 62.2 Å². The van der Waals surface area contributed by atoms with Gasteiger partial charge in [0.05, 0.1) is 5.52 Å². The van der Waals surface area contributed by atoms with Crippen LogP contribution in [0, 0.1) is 5.92 Å². The number of para-hydroxylation sites is 1. The SMILES string of the molecule is CNCCCc1cccc2ccn(CC3CCCC3)c12. The molecule has 1 heterocycles. The molecule has 1 aromatic carbocycles. The Morgan fingerprint density at radius 3 is 2.85 bits per heavy atom. The van der Waals surface area contributed by atoms with Gasteiger partial charge in [-0.15, -0.1) is 0 Å². The summed E-state index contributed by atoms with van der Waals surface area (Å²) < 4.78 is 2.51. The van der Waals surface area contributed by atoms with Crippen molar-refractivity contribution in [3.63, 3.8) is 0 Å². The molecule has 2 nitrogen and oxygen atoms in total. The summed E-state index contributed by atoms with van der Waals surface area (Å²) in [6, 6.07) is 9.05. The highest BCUT2D eigenvalue weighted by Crippen LogP contribution is 2.29. The van der Waals surface area contributed by atoms with E-state index in [-0.39, 0.29) is 0 Å². The fourth-order valence-electron chi connectivity index (χ4n) is 3.62. The smallest absolute Gasteiger partial charge is 0.0512 e. The average molecular weight is 270 g/mol. The monoisotopic (exact) mass is 270 g/mol. The van der Waals surface area contributed by atoms with Crippen LogP contribution in [0.25, 0.3) is 10.9 Å². The van der Waals surface area contributed by atoms with Crippen molar-refractivity contribution in [2.45, 2.75) is 45.1 Å². The molecule has 108 valence electrons. The van der Waals surface area contributed by atoms with Gasteiger partial charge in [0.25, 0.3) is 0 Å². The summed E-state index contributed by atoms with van der Waals surface area (Å²) in [6.45, 7) is 2.31. The zero-order chi connectivity index (χ0) is 13.8. The van der Waals surface area contributed by atoms with Gasteiger partial charge in [0.15, 0.2) is 0 Å². The van der Waals surface area contributed by atoms with E-state index in [0.29, 0.717) is 0 Å². The molecule has 2 heteroatoms. The molecule has 0 atom stereocenters. The Balaban J connectivity index is 1.83. The first kappa shape index (κ1) is 13.7. The van der Waals surface area contributed by atoms with Crippen molar-refractivity contribution in [3.8, 4) is 0 Å². The Morgan fingerprint density at radius 2 is 2.05 bits per heavy atom. The first-order valence-electron chi connectivity index (χ1n) is 8.10. The maximum atomic E-state index is 3.25. The molecule has 0 radical (unpaired) electrons.